The number of phosphoric acid groups is 2. The van der Waals surface area contributed by atoms with Gasteiger partial charge in [0.05, 0.1) is 26.4 Å². The van der Waals surface area contributed by atoms with Crippen molar-refractivity contribution in [1.82, 2.24) is 0 Å². The number of carbonyl (C=O) groups is 4. The van der Waals surface area contributed by atoms with E-state index in [1.54, 1.807) is 0 Å². The Morgan fingerprint density at radius 2 is 0.541 bits per heavy atom. The van der Waals surface area contributed by atoms with Crippen LogP contribution in [0.2, 0.25) is 0 Å². The van der Waals surface area contributed by atoms with Gasteiger partial charge in [-0.2, -0.15) is 0 Å². The number of aliphatic hydroxyl groups is 1. The third-order valence-electron chi connectivity index (χ3n) is 15.3. The molecule has 0 amide bonds. The summed E-state index contributed by atoms with van der Waals surface area (Å²) < 4.78 is 67.7. The van der Waals surface area contributed by atoms with Crippen LogP contribution in [-0.2, 0) is 65.4 Å². The Morgan fingerprint density at radius 3 is 0.800 bits per heavy atom. The highest BCUT2D eigenvalue weighted by Gasteiger charge is 2.30. The van der Waals surface area contributed by atoms with Crippen molar-refractivity contribution < 1.29 is 80.2 Å². The fourth-order valence-electron chi connectivity index (χ4n) is 9.94. The number of phosphoric ester groups is 2. The largest absolute Gasteiger partial charge is 0.472 e. The van der Waals surface area contributed by atoms with E-state index >= 15 is 0 Å². The fraction of sp³-hybridized carbons (Fsp3) is 0.939. The molecule has 0 fully saturated rings. The maximum absolute atomic E-state index is 13.0. The molecule has 0 radical (unpaired) electrons. The second kappa shape index (κ2) is 59.7. The Labute approximate surface area is 517 Å². The summed E-state index contributed by atoms with van der Waals surface area (Å²) in [6, 6.07) is 0. The standard InChI is InChI=1S/C66H128O17P2/c1-6-9-12-15-17-18-19-29-32-36-40-45-50-64(69)77-56-62(83-66(71)52-47-42-37-33-30-27-25-23-21-20-22-24-26-28-31-35-39-43-48-59(4)5)58-81-85(74,75)79-54-60(67)53-78-84(72,73)80-57-61(55-76-63(68)49-44-38-14-11-8-3)82-65(70)51-46-41-34-16-13-10-7-2/h59-62,67H,6-58H2,1-5H3,(H,72,73)(H,74,75)/t60-,61+,62+/m0/s1. The van der Waals surface area contributed by atoms with Gasteiger partial charge in [-0.1, -0.05) is 285 Å². The van der Waals surface area contributed by atoms with Gasteiger partial charge in [-0.3, -0.25) is 37.3 Å². The van der Waals surface area contributed by atoms with E-state index in [-0.39, 0.29) is 25.7 Å². The molecule has 17 nitrogen and oxygen atoms in total. The van der Waals surface area contributed by atoms with Gasteiger partial charge in [0.2, 0.25) is 0 Å². The molecule has 3 N–H and O–H groups in total. The summed E-state index contributed by atoms with van der Waals surface area (Å²) >= 11 is 0. The molecule has 0 aliphatic heterocycles. The summed E-state index contributed by atoms with van der Waals surface area (Å²) in [7, 11) is -9.87. The van der Waals surface area contributed by atoms with E-state index in [2.05, 4.69) is 34.6 Å². The van der Waals surface area contributed by atoms with Crippen molar-refractivity contribution in [2.75, 3.05) is 39.6 Å². The maximum atomic E-state index is 13.0. The number of carbonyl (C=O) groups excluding carboxylic acids is 4. The lowest BCUT2D eigenvalue weighted by Crippen LogP contribution is -2.30. The molecule has 0 aromatic carbocycles. The van der Waals surface area contributed by atoms with Crippen LogP contribution in [0.1, 0.15) is 336 Å². The first-order valence-electron chi connectivity index (χ1n) is 34.6. The lowest BCUT2D eigenvalue weighted by Gasteiger charge is -2.21. The number of hydrogen-bond donors (Lipinski definition) is 3. The average Bonchev–Trinajstić information content (AvgIpc) is 3.57. The molecule has 0 heterocycles. The molecule has 2 unspecified atom stereocenters. The van der Waals surface area contributed by atoms with Gasteiger partial charge in [0, 0.05) is 25.7 Å². The highest BCUT2D eigenvalue weighted by Crippen LogP contribution is 2.45. The van der Waals surface area contributed by atoms with Gasteiger partial charge in [-0.15, -0.1) is 0 Å². The summed E-state index contributed by atoms with van der Waals surface area (Å²) in [5.74, 6) is -1.32. The van der Waals surface area contributed by atoms with Gasteiger partial charge in [-0.25, -0.2) is 9.13 Å². The van der Waals surface area contributed by atoms with E-state index in [1.165, 1.54) is 141 Å². The average molecular weight is 1260 g/mol. The summed E-state index contributed by atoms with van der Waals surface area (Å²) in [6.45, 7) is 7.11. The highest BCUT2D eigenvalue weighted by atomic mass is 31.2. The third kappa shape index (κ3) is 60.7. The van der Waals surface area contributed by atoms with Crippen LogP contribution < -0.4 is 0 Å². The lowest BCUT2D eigenvalue weighted by atomic mass is 10.0. The number of ether oxygens (including phenoxy) is 4. The molecule has 0 aromatic heterocycles. The molecular formula is C66H128O17P2. The predicted octanol–water partition coefficient (Wildman–Crippen LogP) is 18.6. The topological polar surface area (TPSA) is 237 Å². The van der Waals surface area contributed by atoms with E-state index in [0.29, 0.717) is 25.7 Å². The molecule has 0 rings (SSSR count). The van der Waals surface area contributed by atoms with Gasteiger partial charge in [0.25, 0.3) is 0 Å². The molecule has 5 atom stereocenters. The van der Waals surface area contributed by atoms with Gasteiger partial charge >= 0.3 is 39.5 Å². The van der Waals surface area contributed by atoms with Crippen molar-refractivity contribution in [1.29, 1.82) is 0 Å². The zero-order chi connectivity index (χ0) is 62.8. The summed E-state index contributed by atoms with van der Waals surface area (Å²) in [4.78, 5) is 71.9. The molecule has 0 spiro atoms. The minimum absolute atomic E-state index is 0.103. The van der Waals surface area contributed by atoms with Crippen molar-refractivity contribution in [2.45, 2.75) is 355 Å². The fourth-order valence-corrected chi connectivity index (χ4v) is 11.5. The van der Waals surface area contributed by atoms with Crippen molar-refractivity contribution in [3.8, 4) is 0 Å². The Morgan fingerprint density at radius 1 is 0.318 bits per heavy atom. The van der Waals surface area contributed by atoms with Crippen molar-refractivity contribution in [3.63, 3.8) is 0 Å². The van der Waals surface area contributed by atoms with Gasteiger partial charge in [-0.05, 0) is 31.6 Å². The molecule has 504 valence electrons. The van der Waals surface area contributed by atoms with Crippen LogP contribution in [0.4, 0.5) is 0 Å². The van der Waals surface area contributed by atoms with Gasteiger partial charge in [0.1, 0.15) is 19.3 Å². The smallest absolute Gasteiger partial charge is 0.462 e. The Bertz CT molecular complexity index is 1650. The molecule has 0 saturated heterocycles. The Kier molecular flexibility index (Phi) is 58.3. The van der Waals surface area contributed by atoms with Crippen molar-refractivity contribution in [3.05, 3.63) is 0 Å². The van der Waals surface area contributed by atoms with Crippen LogP contribution in [0.5, 0.6) is 0 Å². The molecular weight excluding hydrogens is 1130 g/mol. The summed E-state index contributed by atoms with van der Waals surface area (Å²) in [5, 5.41) is 10.5. The normalized spacial score (nSPS) is 14.2. The number of unbranched alkanes of at least 4 members (excludes halogenated alkanes) is 38. The van der Waals surface area contributed by atoms with Crippen LogP contribution in [0.3, 0.4) is 0 Å². The molecule has 0 saturated carbocycles. The predicted molar refractivity (Wildman–Crippen MR) is 340 cm³/mol. The molecule has 19 heteroatoms. The molecule has 0 aliphatic carbocycles. The first-order chi connectivity index (χ1) is 41.0. The van der Waals surface area contributed by atoms with E-state index in [9.17, 15) is 43.2 Å². The molecule has 85 heavy (non-hydrogen) atoms. The second-order valence-electron chi connectivity index (χ2n) is 24.3. The van der Waals surface area contributed by atoms with Crippen LogP contribution in [0, 0.1) is 5.92 Å². The van der Waals surface area contributed by atoms with E-state index in [0.717, 1.165) is 115 Å². The maximum Gasteiger partial charge on any atom is 0.472 e. The van der Waals surface area contributed by atoms with Gasteiger partial charge < -0.3 is 33.8 Å². The number of aliphatic hydroxyl groups excluding tert-OH is 1. The minimum atomic E-state index is -4.94. The Balaban J connectivity index is 5.06. The van der Waals surface area contributed by atoms with Crippen LogP contribution in [0.25, 0.3) is 0 Å². The molecule has 0 aliphatic rings. The van der Waals surface area contributed by atoms with E-state index in [1.807, 2.05) is 0 Å². The first-order valence-corrected chi connectivity index (χ1v) is 37.6. The van der Waals surface area contributed by atoms with Crippen LogP contribution in [-0.4, -0.2) is 96.7 Å². The van der Waals surface area contributed by atoms with Crippen LogP contribution in [0.15, 0.2) is 0 Å². The third-order valence-corrected chi connectivity index (χ3v) is 17.2. The number of esters is 4. The zero-order valence-electron chi connectivity index (χ0n) is 54.7. The van der Waals surface area contributed by atoms with E-state index in [4.69, 9.17) is 37.0 Å². The lowest BCUT2D eigenvalue weighted by molar-refractivity contribution is -0.161. The monoisotopic (exact) mass is 1250 g/mol. The summed E-state index contributed by atoms with van der Waals surface area (Å²) in [6.07, 6.45) is 45.1. The first kappa shape index (κ1) is 83.1. The summed E-state index contributed by atoms with van der Waals surface area (Å²) in [5.41, 5.74) is 0. The molecule has 0 bridgehead atoms. The van der Waals surface area contributed by atoms with E-state index < -0.39 is 97.5 Å². The number of rotatable bonds is 66. The quantitative estimate of drug-likeness (QED) is 0.0222. The second-order valence-corrected chi connectivity index (χ2v) is 27.2. The van der Waals surface area contributed by atoms with Crippen molar-refractivity contribution >= 4 is 39.5 Å². The zero-order valence-corrected chi connectivity index (χ0v) is 56.5. The van der Waals surface area contributed by atoms with Crippen LogP contribution >= 0.6 is 15.6 Å². The number of hydrogen-bond acceptors (Lipinski definition) is 15. The SMILES string of the molecule is CCCCCCCCCCCCCCC(=O)OC[C@H](COP(=O)(O)OC[C@@H](O)COP(=O)(O)OC[C@@H](COC(=O)CCCCCCC)OC(=O)CCCCCCCCC)OC(=O)CCCCCCCCCCCCCCCCCCCCC(C)C. The highest BCUT2D eigenvalue weighted by molar-refractivity contribution is 7.47. The Hall–Kier alpha value is -1.94. The minimum Gasteiger partial charge on any atom is -0.462 e. The van der Waals surface area contributed by atoms with Gasteiger partial charge in [0.15, 0.2) is 12.2 Å². The molecule has 0 aromatic rings. The van der Waals surface area contributed by atoms with Crippen molar-refractivity contribution in [2.24, 2.45) is 5.92 Å².